The largest absolute Gasteiger partial charge is 0.378 e. The summed E-state index contributed by atoms with van der Waals surface area (Å²) >= 11 is 0. The molecule has 1 fully saturated rings. The first-order valence-electron chi connectivity index (χ1n) is 8.50. The van der Waals surface area contributed by atoms with Crippen LogP contribution in [0.15, 0.2) is 53.4 Å². The molecule has 0 saturated carbocycles. The number of nitro groups is 1. The van der Waals surface area contributed by atoms with Crippen LogP contribution in [0.3, 0.4) is 0 Å². The van der Waals surface area contributed by atoms with Crippen molar-refractivity contribution < 1.29 is 18.1 Å². The lowest BCUT2D eigenvalue weighted by Crippen LogP contribution is -2.36. The van der Waals surface area contributed by atoms with Crippen LogP contribution >= 0.6 is 0 Å². The van der Waals surface area contributed by atoms with Crippen molar-refractivity contribution in [3.8, 4) is 0 Å². The minimum Gasteiger partial charge on any atom is -0.378 e. The number of morpholine rings is 1. The highest BCUT2D eigenvalue weighted by atomic mass is 32.2. The monoisotopic (exact) mass is 391 g/mol. The predicted octanol–water partition coefficient (Wildman–Crippen LogP) is 2.25. The fourth-order valence-corrected chi connectivity index (χ4v) is 4.05. The number of nitrogens with zero attached hydrogens (tertiary/aromatic N) is 3. The van der Waals surface area contributed by atoms with Gasteiger partial charge in [-0.05, 0) is 29.8 Å². The van der Waals surface area contributed by atoms with Gasteiger partial charge in [0.15, 0.2) is 0 Å². The summed E-state index contributed by atoms with van der Waals surface area (Å²) in [7, 11) is -2.23. The third-order valence-corrected chi connectivity index (χ3v) is 6.29. The first-order chi connectivity index (χ1) is 12.9. The van der Waals surface area contributed by atoms with Crippen LogP contribution in [0.5, 0.6) is 0 Å². The van der Waals surface area contributed by atoms with Crippen molar-refractivity contribution in [3.05, 3.63) is 64.2 Å². The molecule has 0 unspecified atom stereocenters. The number of benzene rings is 2. The van der Waals surface area contributed by atoms with Crippen molar-refractivity contribution in [2.45, 2.75) is 11.4 Å². The molecule has 0 aliphatic carbocycles. The molecule has 144 valence electrons. The number of non-ortho nitro benzene ring substituents is 1. The van der Waals surface area contributed by atoms with E-state index in [1.54, 1.807) is 0 Å². The summed E-state index contributed by atoms with van der Waals surface area (Å²) in [5.74, 6) is 0. The van der Waals surface area contributed by atoms with Gasteiger partial charge in [0.05, 0.1) is 23.0 Å². The number of nitro benzene ring substituents is 1. The quantitative estimate of drug-likeness (QED) is 0.554. The van der Waals surface area contributed by atoms with Crippen LogP contribution in [-0.4, -0.2) is 51.0 Å². The fraction of sp³-hybridized carbons (Fsp3) is 0.333. The van der Waals surface area contributed by atoms with E-state index < -0.39 is 14.9 Å². The van der Waals surface area contributed by atoms with E-state index in [2.05, 4.69) is 4.90 Å². The van der Waals surface area contributed by atoms with Crippen molar-refractivity contribution >= 4 is 21.4 Å². The molecule has 1 aliphatic heterocycles. The zero-order valence-corrected chi connectivity index (χ0v) is 15.8. The predicted molar refractivity (Wildman–Crippen MR) is 101 cm³/mol. The summed E-state index contributed by atoms with van der Waals surface area (Å²) in [4.78, 5) is 12.4. The van der Waals surface area contributed by atoms with Crippen LogP contribution in [0.4, 0.5) is 11.4 Å². The van der Waals surface area contributed by atoms with E-state index in [0.29, 0.717) is 13.2 Å². The van der Waals surface area contributed by atoms with Crippen LogP contribution in [0.25, 0.3) is 0 Å². The maximum atomic E-state index is 12.7. The van der Waals surface area contributed by atoms with E-state index in [-0.39, 0.29) is 17.1 Å². The molecule has 1 saturated heterocycles. The Kier molecular flexibility index (Phi) is 5.73. The summed E-state index contributed by atoms with van der Waals surface area (Å²) in [6, 6.07) is 12.7. The Morgan fingerprint density at radius 2 is 1.67 bits per heavy atom. The Balaban J connectivity index is 1.69. The van der Waals surface area contributed by atoms with Crippen LogP contribution in [-0.2, 0) is 21.3 Å². The first kappa shape index (κ1) is 19.3. The van der Waals surface area contributed by atoms with Gasteiger partial charge in [0, 0.05) is 44.5 Å². The number of anilines is 1. The molecule has 27 heavy (non-hydrogen) atoms. The highest BCUT2D eigenvalue weighted by Gasteiger charge is 2.22. The number of sulfonamides is 1. The van der Waals surface area contributed by atoms with Gasteiger partial charge in [-0.1, -0.05) is 12.1 Å². The highest BCUT2D eigenvalue weighted by molar-refractivity contribution is 7.89. The summed E-state index contributed by atoms with van der Waals surface area (Å²) in [5.41, 5.74) is 1.80. The number of ether oxygens (including phenoxy) is 1. The smallest absolute Gasteiger partial charge is 0.269 e. The minimum atomic E-state index is -3.73. The van der Waals surface area contributed by atoms with Gasteiger partial charge in [-0.2, -0.15) is 4.31 Å². The second-order valence-electron chi connectivity index (χ2n) is 6.28. The SMILES string of the molecule is CN(Cc1ccc(N2CCOCC2)cc1)S(=O)(=O)c1ccc([N+](=O)[O-])cc1. The lowest BCUT2D eigenvalue weighted by molar-refractivity contribution is -0.384. The van der Waals surface area contributed by atoms with Crippen molar-refractivity contribution in [1.82, 2.24) is 4.31 Å². The molecule has 1 heterocycles. The zero-order chi connectivity index (χ0) is 19.4. The maximum absolute atomic E-state index is 12.7. The molecule has 0 bridgehead atoms. The molecule has 2 aromatic rings. The molecule has 3 rings (SSSR count). The van der Waals surface area contributed by atoms with Gasteiger partial charge in [-0.3, -0.25) is 10.1 Å². The molecule has 0 spiro atoms. The molecule has 2 aromatic carbocycles. The molecular formula is C18H21N3O5S. The molecule has 0 N–H and O–H groups in total. The van der Waals surface area contributed by atoms with Crippen LogP contribution in [0, 0.1) is 10.1 Å². The van der Waals surface area contributed by atoms with Gasteiger partial charge in [-0.25, -0.2) is 8.42 Å². The summed E-state index contributed by atoms with van der Waals surface area (Å²) in [6.45, 7) is 3.31. The lowest BCUT2D eigenvalue weighted by atomic mass is 10.2. The van der Waals surface area contributed by atoms with Gasteiger partial charge in [-0.15, -0.1) is 0 Å². The van der Waals surface area contributed by atoms with Gasteiger partial charge in [0.2, 0.25) is 10.0 Å². The number of rotatable bonds is 6. The van der Waals surface area contributed by atoms with Crippen LogP contribution in [0.1, 0.15) is 5.56 Å². The average molecular weight is 391 g/mol. The Morgan fingerprint density at radius 3 is 2.22 bits per heavy atom. The second kappa shape index (κ2) is 8.03. The molecule has 0 aromatic heterocycles. The molecule has 9 heteroatoms. The number of hydrogen-bond acceptors (Lipinski definition) is 6. The number of hydrogen-bond donors (Lipinski definition) is 0. The Hall–Kier alpha value is -2.49. The van der Waals surface area contributed by atoms with Crippen LogP contribution in [0.2, 0.25) is 0 Å². The van der Waals surface area contributed by atoms with Crippen molar-refractivity contribution in [3.63, 3.8) is 0 Å². The van der Waals surface area contributed by atoms with Crippen molar-refractivity contribution in [2.24, 2.45) is 0 Å². The maximum Gasteiger partial charge on any atom is 0.269 e. The molecule has 0 radical (unpaired) electrons. The van der Waals surface area contributed by atoms with E-state index in [1.165, 1.54) is 35.6 Å². The fourth-order valence-electron chi connectivity index (χ4n) is 2.90. The van der Waals surface area contributed by atoms with Gasteiger partial charge in [0.25, 0.3) is 5.69 Å². The van der Waals surface area contributed by atoms with E-state index in [4.69, 9.17) is 4.74 Å². The van der Waals surface area contributed by atoms with Crippen molar-refractivity contribution in [1.29, 1.82) is 0 Å². The zero-order valence-electron chi connectivity index (χ0n) is 14.9. The van der Waals surface area contributed by atoms with Gasteiger partial charge < -0.3 is 9.64 Å². The average Bonchev–Trinajstić information content (AvgIpc) is 2.69. The lowest BCUT2D eigenvalue weighted by Gasteiger charge is -2.29. The topological polar surface area (TPSA) is 93.0 Å². The molecule has 0 atom stereocenters. The van der Waals surface area contributed by atoms with E-state index in [1.807, 2.05) is 24.3 Å². The molecule has 1 aliphatic rings. The van der Waals surface area contributed by atoms with E-state index >= 15 is 0 Å². The standard InChI is InChI=1S/C18H21N3O5S/c1-19(27(24,25)18-8-6-17(7-9-18)21(22)23)14-15-2-4-16(5-3-15)20-10-12-26-13-11-20/h2-9H,10-14H2,1H3. The Labute approximate surface area is 158 Å². The minimum absolute atomic E-state index is 0.0283. The van der Waals surface area contributed by atoms with Crippen LogP contribution < -0.4 is 4.90 Å². The molecule has 8 nitrogen and oxygen atoms in total. The highest BCUT2D eigenvalue weighted by Crippen LogP contribution is 2.22. The van der Waals surface area contributed by atoms with Gasteiger partial charge in [0.1, 0.15) is 0 Å². The summed E-state index contributed by atoms with van der Waals surface area (Å²) in [5, 5.41) is 10.7. The Bertz CT molecular complexity index is 892. The Morgan fingerprint density at radius 1 is 1.07 bits per heavy atom. The first-order valence-corrected chi connectivity index (χ1v) is 9.94. The molecule has 0 amide bonds. The summed E-state index contributed by atoms with van der Waals surface area (Å²) < 4.78 is 31.9. The third-order valence-electron chi connectivity index (χ3n) is 4.47. The van der Waals surface area contributed by atoms with Crippen molar-refractivity contribution in [2.75, 3.05) is 38.3 Å². The van der Waals surface area contributed by atoms with Gasteiger partial charge >= 0.3 is 0 Å². The summed E-state index contributed by atoms with van der Waals surface area (Å²) in [6.07, 6.45) is 0. The second-order valence-corrected chi connectivity index (χ2v) is 8.32. The normalized spacial score (nSPS) is 15.1. The van der Waals surface area contributed by atoms with E-state index in [9.17, 15) is 18.5 Å². The van der Waals surface area contributed by atoms with E-state index in [0.717, 1.165) is 24.3 Å². The third kappa shape index (κ3) is 4.44. The molecular weight excluding hydrogens is 370 g/mol.